The number of fused-ring (bicyclic) bond motifs is 6. The maximum atomic E-state index is 4.88. The van der Waals surface area contributed by atoms with E-state index in [1.807, 2.05) is 12.1 Å². The minimum Gasteiger partial charge on any atom is -0.309 e. The number of para-hydroxylation sites is 2. The average Bonchev–Trinajstić information content (AvgIpc) is 3.60. The second-order valence-corrected chi connectivity index (χ2v) is 11.1. The van der Waals surface area contributed by atoms with Crippen LogP contribution in [0.3, 0.4) is 0 Å². The lowest BCUT2D eigenvalue weighted by molar-refractivity contribution is 1.05. The summed E-state index contributed by atoms with van der Waals surface area (Å²) >= 11 is 0. The molecule has 1 aromatic heterocycles. The van der Waals surface area contributed by atoms with Crippen molar-refractivity contribution in [1.82, 2.24) is 4.57 Å². The Morgan fingerprint density at radius 2 is 1.26 bits per heavy atom. The van der Waals surface area contributed by atoms with E-state index in [1.54, 1.807) is 0 Å². The van der Waals surface area contributed by atoms with Crippen LogP contribution in [0.5, 0.6) is 0 Å². The summed E-state index contributed by atoms with van der Waals surface area (Å²) in [6.45, 7) is 4.38. The Morgan fingerprint density at radius 3 is 2.00 bits per heavy atom. The van der Waals surface area contributed by atoms with E-state index in [0.717, 1.165) is 17.5 Å². The van der Waals surface area contributed by atoms with Crippen LogP contribution in [0.25, 0.3) is 49.7 Å². The number of nitrogens with zero attached hydrogens (tertiary/aromatic N) is 3. The maximum Gasteiger partial charge on any atom is 0.154 e. The molecule has 0 radical (unpaired) electrons. The molecule has 7 aromatic rings. The van der Waals surface area contributed by atoms with Crippen LogP contribution in [0.2, 0.25) is 0 Å². The van der Waals surface area contributed by atoms with Crippen LogP contribution in [0.15, 0.2) is 150 Å². The zero-order valence-corrected chi connectivity index (χ0v) is 23.7. The molecule has 0 fully saturated rings. The molecule has 204 valence electrons. The fourth-order valence-electron chi connectivity index (χ4n) is 6.56. The van der Waals surface area contributed by atoms with Crippen LogP contribution in [0.1, 0.15) is 22.3 Å². The quantitative estimate of drug-likeness (QED) is 0.151. The van der Waals surface area contributed by atoms with Gasteiger partial charge in [-0.25, -0.2) is 4.99 Å². The molecule has 0 saturated carbocycles. The summed E-state index contributed by atoms with van der Waals surface area (Å²) in [6.07, 6.45) is 0.916. The highest BCUT2D eigenvalue weighted by atomic mass is 15.0. The standard InChI is InChI=1S/C40H29N3/c1-41-40(30-13-9-12-29(23-30)28-10-3-2-4-11-28)42-26-27-18-20-34-31(22-27)24-32-25-33(19-21-35(32)34)43-38-16-7-5-14-36(38)37-15-6-8-17-39(37)43/h2-23,25H,1,24,26H2. The number of aromatic nitrogens is 1. The molecule has 43 heavy (non-hydrogen) atoms. The monoisotopic (exact) mass is 551 g/mol. The van der Waals surface area contributed by atoms with E-state index in [-0.39, 0.29) is 0 Å². The fraction of sp³-hybridized carbons (Fsp3) is 0.0500. The lowest BCUT2D eigenvalue weighted by atomic mass is 10.0. The van der Waals surface area contributed by atoms with Gasteiger partial charge in [0.05, 0.1) is 17.6 Å². The van der Waals surface area contributed by atoms with E-state index in [2.05, 4.69) is 144 Å². The van der Waals surface area contributed by atoms with E-state index in [9.17, 15) is 0 Å². The number of hydrogen-bond acceptors (Lipinski definition) is 1. The van der Waals surface area contributed by atoms with E-state index >= 15 is 0 Å². The zero-order valence-electron chi connectivity index (χ0n) is 23.7. The third-order valence-electron chi connectivity index (χ3n) is 8.56. The number of aliphatic imine (C=N–C) groups is 2. The summed E-state index contributed by atoms with van der Waals surface area (Å²) < 4.78 is 2.39. The Kier molecular flexibility index (Phi) is 6.08. The highest BCUT2D eigenvalue weighted by molar-refractivity contribution is 6.09. The SMILES string of the molecule is C=NC(=NCc1ccc2c(c1)Cc1cc(-n3c4ccccc4c4ccccc43)ccc1-2)c1cccc(-c2ccccc2)c1. The van der Waals surface area contributed by atoms with Crippen molar-refractivity contribution < 1.29 is 0 Å². The molecule has 0 unspecified atom stereocenters. The molecule has 0 spiro atoms. The normalized spacial score (nSPS) is 12.4. The van der Waals surface area contributed by atoms with Gasteiger partial charge in [0.2, 0.25) is 0 Å². The molecule has 1 aliphatic carbocycles. The third-order valence-corrected chi connectivity index (χ3v) is 8.56. The van der Waals surface area contributed by atoms with E-state index in [0.29, 0.717) is 12.4 Å². The van der Waals surface area contributed by atoms with E-state index in [4.69, 9.17) is 4.99 Å². The summed E-state index contributed by atoms with van der Waals surface area (Å²) in [6, 6.07) is 49.8. The molecule has 3 heteroatoms. The molecule has 6 aromatic carbocycles. The first-order valence-electron chi connectivity index (χ1n) is 14.7. The first kappa shape index (κ1) is 25.2. The summed E-state index contributed by atoms with van der Waals surface area (Å²) in [5.74, 6) is 0.664. The van der Waals surface area contributed by atoms with Gasteiger partial charge in [0, 0.05) is 22.0 Å². The van der Waals surface area contributed by atoms with E-state index < -0.39 is 0 Å². The predicted octanol–water partition coefficient (Wildman–Crippen LogP) is 9.67. The predicted molar refractivity (Wildman–Crippen MR) is 181 cm³/mol. The Bertz CT molecular complexity index is 2150. The van der Waals surface area contributed by atoms with Gasteiger partial charge in [-0.05, 0) is 82.4 Å². The molecule has 8 rings (SSSR count). The molecule has 0 amide bonds. The van der Waals surface area contributed by atoms with Gasteiger partial charge in [-0.2, -0.15) is 0 Å². The highest BCUT2D eigenvalue weighted by Gasteiger charge is 2.20. The van der Waals surface area contributed by atoms with Crippen LogP contribution in [0.4, 0.5) is 0 Å². The van der Waals surface area contributed by atoms with Crippen molar-refractivity contribution >= 4 is 34.4 Å². The van der Waals surface area contributed by atoms with Crippen LogP contribution in [-0.2, 0) is 13.0 Å². The number of benzene rings is 6. The molecule has 1 aliphatic rings. The average molecular weight is 552 g/mol. The van der Waals surface area contributed by atoms with Crippen molar-refractivity contribution in [1.29, 1.82) is 0 Å². The Balaban J connectivity index is 1.08. The summed E-state index contributed by atoms with van der Waals surface area (Å²) in [5.41, 5.74) is 13.5. The summed E-state index contributed by atoms with van der Waals surface area (Å²) in [7, 11) is 0. The van der Waals surface area contributed by atoms with Crippen molar-refractivity contribution in [2.75, 3.05) is 0 Å². The molecule has 0 N–H and O–H groups in total. The molecule has 0 bridgehead atoms. The lowest BCUT2D eigenvalue weighted by Crippen LogP contribution is -1.98. The largest absolute Gasteiger partial charge is 0.309 e. The Labute approximate surface area is 251 Å². The first-order valence-corrected chi connectivity index (χ1v) is 14.7. The van der Waals surface area contributed by atoms with Crippen molar-refractivity contribution in [3.05, 3.63) is 162 Å². The number of hydrogen-bond donors (Lipinski definition) is 0. The lowest BCUT2D eigenvalue weighted by Gasteiger charge is -2.10. The molecule has 0 aliphatic heterocycles. The molecule has 1 heterocycles. The smallest absolute Gasteiger partial charge is 0.154 e. The van der Waals surface area contributed by atoms with Crippen LogP contribution in [-0.4, -0.2) is 17.1 Å². The molecular formula is C40H29N3. The second kappa shape index (κ2) is 10.4. The van der Waals surface area contributed by atoms with Gasteiger partial charge in [-0.3, -0.25) is 4.99 Å². The van der Waals surface area contributed by atoms with Gasteiger partial charge in [0.25, 0.3) is 0 Å². The second-order valence-electron chi connectivity index (χ2n) is 11.1. The van der Waals surface area contributed by atoms with Crippen molar-refractivity contribution in [2.24, 2.45) is 9.98 Å². The van der Waals surface area contributed by atoms with Gasteiger partial charge < -0.3 is 4.57 Å². The molecule has 0 atom stereocenters. The Morgan fingerprint density at radius 1 is 0.605 bits per heavy atom. The van der Waals surface area contributed by atoms with Gasteiger partial charge in [-0.15, -0.1) is 0 Å². The molecular weight excluding hydrogens is 522 g/mol. The van der Waals surface area contributed by atoms with Crippen molar-refractivity contribution in [2.45, 2.75) is 13.0 Å². The highest BCUT2D eigenvalue weighted by Crippen LogP contribution is 2.40. The maximum absolute atomic E-state index is 4.88. The number of rotatable bonds is 5. The van der Waals surface area contributed by atoms with Gasteiger partial charge in [-0.1, -0.05) is 109 Å². The molecule has 0 saturated heterocycles. The number of amidine groups is 1. The zero-order chi connectivity index (χ0) is 28.8. The minimum atomic E-state index is 0.556. The van der Waals surface area contributed by atoms with Crippen molar-refractivity contribution in [3.8, 4) is 27.9 Å². The van der Waals surface area contributed by atoms with Crippen LogP contribution in [0, 0.1) is 0 Å². The van der Waals surface area contributed by atoms with E-state index in [1.165, 1.54) is 60.9 Å². The van der Waals surface area contributed by atoms with Gasteiger partial charge >= 0.3 is 0 Å². The Hall–Kier alpha value is -5.54. The fourth-order valence-corrected chi connectivity index (χ4v) is 6.56. The van der Waals surface area contributed by atoms with Gasteiger partial charge in [0.1, 0.15) is 0 Å². The first-order chi connectivity index (χ1) is 21.3. The van der Waals surface area contributed by atoms with Crippen molar-refractivity contribution in [3.63, 3.8) is 0 Å². The topological polar surface area (TPSA) is 29.6 Å². The molecule has 3 nitrogen and oxygen atoms in total. The minimum absolute atomic E-state index is 0.556. The van der Waals surface area contributed by atoms with Gasteiger partial charge in [0.15, 0.2) is 5.84 Å². The summed E-state index contributed by atoms with van der Waals surface area (Å²) in [4.78, 5) is 9.17. The summed E-state index contributed by atoms with van der Waals surface area (Å²) in [5, 5.41) is 2.57. The third kappa shape index (κ3) is 4.38. The van der Waals surface area contributed by atoms with Crippen LogP contribution < -0.4 is 0 Å². The van der Waals surface area contributed by atoms with Crippen LogP contribution >= 0.6 is 0 Å².